The lowest BCUT2D eigenvalue weighted by Gasteiger charge is -2.28. The number of nitrogens with one attached hydrogen (secondary N) is 1. The molecular weight excluding hydrogens is 349 g/mol. The maximum absolute atomic E-state index is 11.9. The molecule has 3 N–H and O–H groups in total. The van der Waals surface area contributed by atoms with E-state index in [4.69, 9.17) is 10.5 Å². The molecule has 0 aliphatic carbocycles. The molecule has 1 aliphatic heterocycles. The molecule has 2 rings (SSSR count). The summed E-state index contributed by atoms with van der Waals surface area (Å²) >= 11 is 0. The molecule has 1 saturated heterocycles. The number of benzene rings is 1. The van der Waals surface area contributed by atoms with Crippen molar-refractivity contribution >= 4 is 30.7 Å². The summed E-state index contributed by atoms with van der Waals surface area (Å²) in [6, 6.07) is 8.22. The van der Waals surface area contributed by atoms with E-state index in [0.29, 0.717) is 13.0 Å². The van der Waals surface area contributed by atoms with Crippen LogP contribution in [-0.2, 0) is 4.79 Å². The Balaban J connectivity index is 0.00000264. The third kappa shape index (κ3) is 6.85. The molecule has 1 aliphatic rings. The van der Waals surface area contributed by atoms with Crippen LogP contribution in [0.2, 0.25) is 0 Å². The topological polar surface area (TPSA) is 67.6 Å². The molecule has 1 aromatic rings. The van der Waals surface area contributed by atoms with Crippen LogP contribution in [0, 0.1) is 0 Å². The van der Waals surface area contributed by atoms with Gasteiger partial charge in [0.1, 0.15) is 5.75 Å². The number of rotatable bonds is 7. The molecule has 0 saturated carbocycles. The van der Waals surface area contributed by atoms with E-state index < -0.39 is 0 Å². The van der Waals surface area contributed by atoms with Crippen LogP contribution in [0.15, 0.2) is 24.3 Å². The van der Waals surface area contributed by atoms with Gasteiger partial charge in [-0.25, -0.2) is 0 Å². The monoisotopic (exact) mass is 377 g/mol. The van der Waals surface area contributed by atoms with Crippen molar-refractivity contribution in [1.29, 1.82) is 0 Å². The number of methoxy groups -OCH3 is 1. The van der Waals surface area contributed by atoms with E-state index in [9.17, 15) is 4.79 Å². The van der Waals surface area contributed by atoms with E-state index >= 15 is 0 Å². The number of hydrogen-bond donors (Lipinski definition) is 2. The lowest BCUT2D eigenvalue weighted by atomic mass is 10.0. The fraction of sp³-hybridized carbons (Fsp3) is 0.588. The summed E-state index contributed by atoms with van der Waals surface area (Å²) in [5, 5.41) is 3.03. The number of likely N-dealkylation sites (tertiary alicyclic amines) is 1. The van der Waals surface area contributed by atoms with Gasteiger partial charge in [-0.05, 0) is 50.6 Å². The van der Waals surface area contributed by atoms with Gasteiger partial charge in [0.05, 0.1) is 13.2 Å². The van der Waals surface area contributed by atoms with Crippen LogP contribution in [-0.4, -0.2) is 43.6 Å². The van der Waals surface area contributed by atoms with E-state index in [1.807, 2.05) is 19.1 Å². The van der Waals surface area contributed by atoms with Crippen LogP contribution >= 0.6 is 24.8 Å². The predicted molar refractivity (Wildman–Crippen MR) is 102 cm³/mol. The van der Waals surface area contributed by atoms with Gasteiger partial charge in [0.15, 0.2) is 0 Å². The SMILES string of the molecule is COc1ccc(C(CNC(=O)CC(C)N)N2CCCC2)cc1.Cl.Cl. The molecule has 0 spiro atoms. The smallest absolute Gasteiger partial charge is 0.221 e. The lowest BCUT2D eigenvalue weighted by molar-refractivity contribution is -0.121. The van der Waals surface area contributed by atoms with Crippen LogP contribution in [0.25, 0.3) is 0 Å². The van der Waals surface area contributed by atoms with Crippen LogP contribution in [0.3, 0.4) is 0 Å². The predicted octanol–water partition coefficient (Wildman–Crippen LogP) is 2.53. The third-order valence-corrected chi connectivity index (χ3v) is 4.08. The Hall–Kier alpha value is -1.01. The Bertz CT molecular complexity index is 477. The molecule has 2 atom stereocenters. The molecule has 2 unspecified atom stereocenters. The molecule has 5 nitrogen and oxygen atoms in total. The van der Waals surface area contributed by atoms with Crippen LogP contribution in [0.5, 0.6) is 5.75 Å². The van der Waals surface area contributed by atoms with Gasteiger partial charge in [0.2, 0.25) is 5.91 Å². The molecule has 1 heterocycles. The van der Waals surface area contributed by atoms with Gasteiger partial charge in [0.25, 0.3) is 0 Å². The normalized spacial score (nSPS) is 16.5. The van der Waals surface area contributed by atoms with Gasteiger partial charge in [-0.2, -0.15) is 0 Å². The lowest BCUT2D eigenvalue weighted by Crippen LogP contribution is -2.38. The summed E-state index contributed by atoms with van der Waals surface area (Å²) in [4.78, 5) is 14.3. The number of carbonyl (C=O) groups excluding carboxylic acids is 1. The van der Waals surface area contributed by atoms with Gasteiger partial charge in [0, 0.05) is 19.0 Å². The zero-order valence-corrected chi connectivity index (χ0v) is 16.0. The number of halogens is 2. The molecular formula is C17H29Cl2N3O2. The first-order chi connectivity index (χ1) is 10.6. The Morgan fingerprint density at radius 2 is 1.83 bits per heavy atom. The summed E-state index contributed by atoms with van der Waals surface area (Å²) in [7, 11) is 1.67. The van der Waals surface area contributed by atoms with Crippen molar-refractivity contribution in [3.63, 3.8) is 0 Å². The highest BCUT2D eigenvalue weighted by atomic mass is 35.5. The van der Waals surface area contributed by atoms with Gasteiger partial charge < -0.3 is 15.8 Å². The second kappa shape index (κ2) is 11.5. The number of hydrogen-bond acceptors (Lipinski definition) is 4. The number of ether oxygens (including phenoxy) is 1. The number of nitrogens with two attached hydrogens (primary N) is 1. The largest absolute Gasteiger partial charge is 0.497 e. The van der Waals surface area contributed by atoms with Crippen molar-refractivity contribution in [2.45, 2.75) is 38.3 Å². The molecule has 24 heavy (non-hydrogen) atoms. The average molecular weight is 378 g/mol. The quantitative estimate of drug-likeness (QED) is 0.765. The van der Waals surface area contributed by atoms with Crippen molar-refractivity contribution in [3.8, 4) is 5.75 Å². The molecule has 138 valence electrons. The van der Waals surface area contributed by atoms with Crippen molar-refractivity contribution in [1.82, 2.24) is 10.2 Å². The minimum Gasteiger partial charge on any atom is -0.497 e. The van der Waals surface area contributed by atoms with E-state index in [-0.39, 0.29) is 42.8 Å². The molecule has 0 radical (unpaired) electrons. The first-order valence-electron chi connectivity index (χ1n) is 8.00. The van der Waals surface area contributed by atoms with E-state index in [1.54, 1.807) is 7.11 Å². The van der Waals surface area contributed by atoms with E-state index in [1.165, 1.54) is 18.4 Å². The van der Waals surface area contributed by atoms with Crippen LogP contribution in [0.1, 0.15) is 37.8 Å². The standard InChI is InChI=1S/C17H27N3O2.2ClH/c1-13(18)11-17(21)19-12-16(20-9-3-4-10-20)14-5-7-15(22-2)8-6-14;;/h5-8,13,16H,3-4,9-12,18H2,1-2H3,(H,19,21);2*1H. The molecule has 1 fully saturated rings. The Morgan fingerprint density at radius 1 is 1.25 bits per heavy atom. The highest BCUT2D eigenvalue weighted by Crippen LogP contribution is 2.26. The minimum atomic E-state index is -0.105. The second-order valence-electron chi connectivity index (χ2n) is 6.02. The summed E-state index contributed by atoms with van der Waals surface area (Å²) in [5.41, 5.74) is 6.89. The number of nitrogens with zero attached hydrogens (tertiary/aromatic N) is 1. The van der Waals surface area contributed by atoms with Crippen molar-refractivity contribution in [2.75, 3.05) is 26.7 Å². The first-order valence-corrected chi connectivity index (χ1v) is 8.00. The molecule has 1 amide bonds. The zero-order chi connectivity index (χ0) is 15.9. The van der Waals surface area contributed by atoms with Gasteiger partial charge in [-0.1, -0.05) is 12.1 Å². The van der Waals surface area contributed by atoms with Gasteiger partial charge >= 0.3 is 0 Å². The summed E-state index contributed by atoms with van der Waals surface area (Å²) in [6.07, 6.45) is 2.82. The Labute approximate surface area is 157 Å². The van der Waals surface area contributed by atoms with Crippen LogP contribution in [0.4, 0.5) is 0 Å². The second-order valence-corrected chi connectivity index (χ2v) is 6.02. The van der Waals surface area contributed by atoms with Crippen LogP contribution < -0.4 is 15.8 Å². The number of carbonyl (C=O) groups is 1. The highest BCUT2D eigenvalue weighted by Gasteiger charge is 2.24. The van der Waals surface area contributed by atoms with E-state index in [0.717, 1.165) is 18.8 Å². The molecule has 7 heteroatoms. The van der Waals surface area contributed by atoms with Crippen molar-refractivity contribution < 1.29 is 9.53 Å². The van der Waals surface area contributed by atoms with Gasteiger partial charge in [-0.15, -0.1) is 24.8 Å². The van der Waals surface area contributed by atoms with E-state index in [2.05, 4.69) is 22.3 Å². The van der Waals surface area contributed by atoms with Crippen molar-refractivity contribution in [3.05, 3.63) is 29.8 Å². The van der Waals surface area contributed by atoms with Crippen molar-refractivity contribution in [2.24, 2.45) is 5.73 Å². The Morgan fingerprint density at radius 3 is 2.33 bits per heavy atom. The highest BCUT2D eigenvalue weighted by molar-refractivity contribution is 5.85. The maximum Gasteiger partial charge on any atom is 0.221 e. The summed E-state index contributed by atoms with van der Waals surface area (Å²) in [6.45, 7) is 4.64. The van der Waals surface area contributed by atoms with Gasteiger partial charge in [-0.3, -0.25) is 9.69 Å². The summed E-state index contributed by atoms with van der Waals surface area (Å²) in [5.74, 6) is 0.873. The minimum absolute atomic E-state index is 0. The number of amides is 1. The molecule has 0 aromatic heterocycles. The fourth-order valence-electron chi connectivity index (χ4n) is 2.91. The maximum atomic E-state index is 11.9. The zero-order valence-electron chi connectivity index (χ0n) is 14.4. The molecule has 1 aromatic carbocycles. The first kappa shape index (κ1) is 23.0. The Kier molecular flexibility index (Phi) is 11.0. The third-order valence-electron chi connectivity index (χ3n) is 4.08. The summed E-state index contributed by atoms with van der Waals surface area (Å²) < 4.78 is 5.22. The molecule has 0 bridgehead atoms. The average Bonchev–Trinajstić information content (AvgIpc) is 3.01. The fourth-order valence-corrected chi connectivity index (χ4v) is 2.91.